The van der Waals surface area contributed by atoms with E-state index in [1.54, 1.807) is 12.1 Å². The monoisotopic (exact) mass is 279 g/mol. The van der Waals surface area contributed by atoms with Gasteiger partial charge in [-0.3, -0.25) is 0 Å². The van der Waals surface area contributed by atoms with Crippen LogP contribution in [0.25, 0.3) is 0 Å². The molecule has 1 rings (SSSR count). The first kappa shape index (κ1) is 16.3. The number of rotatable bonds is 8. The van der Waals surface area contributed by atoms with Gasteiger partial charge < -0.3 is 20.7 Å². The lowest BCUT2D eigenvalue weighted by Gasteiger charge is -2.18. The van der Waals surface area contributed by atoms with Gasteiger partial charge in [0.1, 0.15) is 0 Å². The summed E-state index contributed by atoms with van der Waals surface area (Å²) in [6.07, 6.45) is 1.06. The Morgan fingerprint density at radius 3 is 2.60 bits per heavy atom. The van der Waals surface area contributed by atoms with Gasteiger partial charge in [0.25, 0.3) is 0 Å². The van der Waals surface area contributed by atoms with E-state index < -0.39 is 0 Å². The fourth-order valence-electron chi connectivity index (χ4n) is 2.03. The van der Waals surface area contributed by atoms with Crippen molar-refractivity contribution in [3.63, 3.8) is 0 Å². The molecule has 20 heavy (non-hydrogen) atoms. The number of nitrogens with zero attached hydrogens (tertiary/aromatic N) is 1. The summed E-state index contributed by atoms with van der Waals surface area (Å²) in [5, 5.41) is 3.30. The van der Waals surface area contributed by atoms with Crippen LogP contribution in [0.2, 0.25) is 0 Å². The molecule has 0 spiro atoms. The lowest BCUT2D eigenvalue weighted by Crippen LogP contribution is -2.25. The average Bonchev–Trinajstić information content (AvgIpc) is 2.47. The molecule has 1 aromatic rings. The van der Waals surface area contributed by atoms with Gasteiger partial charge in [0.05, 0.1) is 24.0 Å². The highest BCUT2D eigenvalue weighted by molar-refractivity contribution is 5.91. The van der Waals surface area contributed by atoms with Gasteiger partial charge in [0, 0.05) is 6.54 Å². The van der Waals surface area contributed by atoms with E-state index in [9.17, 15) is 4.79 Å². The van der Waals surface area contributed by atoms with E-state index in [0.717, 1.165) is 38.3 Å². The van der Waals surface area contributed by atoms with E-state index >= 15 is 0 Å². The van der Waals surface area contributed by atoms with Crippen LogP contribution >= 0.6 is 0 Å². The minimum Gasteiger partial charge on any atom is -0.465 e. The molecule has 0 saturated heterocycles. The number of nitrogen functional groups attached to an aromatic ring is 1. The Balaban J connectivity index is 2.47. The molecule has 0 radical (unpaired) electrons. The minimum absolute atomic E-state index is 0.371. The summed E-state index contributed by atoms with van der Waals surface area (Å²) in [5.41, 5.74) is 7.82. The van der Waals surface area contributed by atoms with Crippen molar-refractivity contribution >= 4 is 17.3 Å². The highest BCUT2D eigenvalue weighted by Crippen LogP contribution is 2.20. The minimum atomic E-state index is -0.371. The van der Waals surface area contributed by atoms with E-state index in [1.807, 2.05) is 6.07 Å². The Hall–Kier alpha value is -1.75. The zero-order valence-corrected chi connectivity index (χ0v) is 12.6. The number of nitrogens with two attached hydrogens (primary N) is 1. The van der Waals surface area contributed by atoms with Gasteiger partial charge in [0.15, 0.2) is 0 Å². The van der Waals surface area contributed by atoms with E-state index in [-0.39, 0.29) is 5.97 Å². The number of ether oxygens (including phenoxy) is 1. The highest BCUT2D eigenvalue weighted by atomic mass is 16.5. The maximum atomic E-state index is 11.4. The largest absolute Gasteiger partial charge is 0.465 e. The molecule has 0 aliphatic rings. The summed E-state index contributed by atoms with van der Waals surface area (Å²) in [4.78, 5) is 13.8. The third-order valence-electron chi connectivity index (χ3n) is 3.33. The van der Waals surface area contributed by atoms with Crippen molar-refractivity contribution in [1.82, 2.24) is 4.90 Å². The molecule has 0 unspecified atom stereocenters. The maximum absolute atomic E-state index is 11.4. The first-order chi connectivity index (χ1) is 9.62. The molecule has 5 heteroatoms. The number of carbonyl (C=O) groups is 1. The summed E-state index contributed by atoms with van der Waals surface area (Å²) in [5.74, 6) is -0.371. The van der Waals surface area contributed by atoms with E-state index in [4.69, 9.17) is 5.73 Å². The van der Waals surface area contributed by atoms with Crippen LogP contribution < -0.4 is 11.1 Å². The first-order valence-electron chi connectivity index (χ1n) is 7.06. The first-order valence-corrected chi connectivity index (χ1v) is 7.06. The van der Waals surface area contributed by atoms with Gasteiger partial charge in [-0.15, -0.1) is 0 Å². The van der Waals surface area contributed by atoms with Crippen LogP contribution in [0, 0.1) is 0 Å². The lowest BCUT2D eigenvalue weighted by atomic mass is 10.1. The quantitative estimate of drug-likeness (QED) is 0.434. The number of methoxy groups -OCH3 is 1. The topological polar surface area (TPSA) is 67.6 Å². The zero-order valence-electron chi connectivity index (χ0n) is 12.6. The smallest absolute Gasteiger partial charge is 0.337 e. The standard InChI is InChI=1S/C15H25N3O2/c1-4-18(5-2)10-6-9-17-14-8-7-12(11-13(14)16)15(19)20-3/h7-8,11,17H,4-6,9-10,16H2,1-3H3. The number of anilines is 2. The fourth-order valence-corrected chi connectivity index (χ4v) is 2.03. The van der Waals surface area contributed by atoms with Crippen molar-refractivity contribution in [1.29, 1.82) is 0 Å². The Morgan fingerprint density at radius 2 is 2.05 bits per heavy atom. The van der Waals surface area contributed by atoms with Crippen molar-refractivity contribution in [2.24, 2.45) is 0 Å². The van der Waals surface area contributed by atoms with Crippen LogP contribution in [0.1, 0.15) is 30.6 Å². The second-order valence-electron chi connectivity index (χ2n) is 4.60. The Bertz CT molecular complexity index is 431. The van der Waals surface area contributed by atoms with E-state index in [1.165, 1.54) is 7.11 Å². The van der Waals surface area contributed by atoms with Crippen LogP contribution in [0.3, 0.4) is 0 Å². The number of esters is 1. The van der Waals surface area contributed by atoms with Crippen LogP contribution in [-0.4, -0.2) is 44.2 Å². The van der Waals surface area contributed by atoms with Crippen LogP contribution in [-0.2, 0) is 4.74 Å². The fraction of sp³-hybridized carbons (Fsp3) is 0.533. The molecule has 1 aromatic carbocycles. The lowest BCUT2D eigenvalue weighted by molar-refractivity contribution is 0.0601. The maximum Gasteiger partial charge on any atom is 0.337 e. The number of hydrogen-bond acceptors (Lipinski definition) is 5. The Labute approximate surface area is 121 Å². The third kappa shape index (κ3) is 4.74. The predicted octanol–water partition coefficient (Wildman–Crippen LogP) is 2.20. The molecule has 0 aliphatic heterocycles. The second-order valence-corrected chi connectivity index (χ2v) is 4.60. The SMILES string of the molecule is CCN(CC)CCCNc1ccc(C(=O)OC)cc1N. The second kappa shape index (κ2) is 8.43. The van der Waals surface area contributed by atoms with Crippen molar-refractivity contribution in [2.75, 3.05) is 44.3 Å². The van der Waals surface area contributed by atoms with Crippen LogP contribution in [0.5, 0.6) is 0 Å². The van der Waals surface area contributed by atoms with Crippen molar-refractivity contribution in [3.05, 3.63) is 23.8 Å². The third-order valence-corrected chi connectivity index (χ3v) is 3.33. The molecule has 3 N–H and O–H groups in total. The van der Waals surface area contributed by atoms with Gasteiger partial charge >= 0.3 is 5.97 Å². The molecule has 112 valence electrons. The number of hydrogen-bond donors (Lipinski definition) is 2. The zero-order chi connectivity index (χ0) is 15.0. The molecule has 0 saturated carbocycles. The van der Waals surface area contributed by atoms with Gasteiger partial charge in [0.2, 0.25) is 0 Å². The molecule has 0 amide bonds. The predicted molar refractivity (Wildman–Crippen MR) is 83.1 cm³/mol. The summed E-state index contributed by atoms with van der Waals surface area (Å²) < 4.78 is 4.66. The molecule has 0 heterocycles. The van der Waals surface area contributed by atoms with Gasteiger partial charge in [-0.05, 0) is 44.3 Å². The molecular formula is C15H25N3O2. The summed E-state index contributed by atoms with van der Waals surface area (Å²) in [7, 11) is 1.36. The van der Waals surface area contributed by atoms with Gasteiger partial charge in [-0.25, -0.2) is 4.79 Å². The molecule has 0 atom stereocenters. The van der Waals surface area contributed by atoms with Crippen molar-refractivity contribution in [2.45, 2.75) is 20.3 Å². The normalized spacial score (nSPS) is 10.6. The van der Waals surface area contributed by atoms with Crippen molar-refractivity contribution < 1.29 is 9.53 Å². The summed E-state index contributed by atoms with van der Waals surface area (Å²) >= 11 is 0. The van der Waals surface area contributed by atoms with E-state index in [2.05, 4.69) is 28.8 Å². The number of carbonyl (C=O) groups excluding carboxylic acids is 1. The van der Waals surface area contributed by atoms with E-state index in [0.29, 0.717) is 11.3 Å². The average molecular weight is 279 g/mol. The van der Waals surface area contributed by atoms with Gasteiger partial charge in [-0.1, -0.05) is 13.8 Å². The highest BCUT2D eigenvalue weighted by Gasteiger charge is 2.07. The molecule has 0 aromatic heterocycles. The number of nitrogens with one attached hydrogen (secondary N) is 1. The summed E-state index contributed by atoms with van der Waals surface area (Å²) in [6.45, 7) is 8.41. The Kier molecular flexibility index (Phi) is 6.87. The van der Waals surface area contributed by atoms with Gasteiger partial charge in [-0.2, -0.15) is 0 Å². The molecule has 0 aliphatic carbocycles. The molecule has 5 nitrogen and oxygen atoms in total. The molecular weight excluding hydrogens is 254 g/mol. The van der Waals surface area contributed by atoms with Crippen molar-refractivity contribution in [3.8, 4) is 0 Å². The summed E-state index contributed by atoms with van der Waals surface area (Å²) in [6, 6.07) is 5.17. The number of benzene rings is 1. The molecule has 0 fully saturated rings. The van der Waals surface area contributed by atoms with Crippen LogP contribution in [0.15, 0.2) is 18.2 Å². The Morgan fingerprint density at radius 1 is 1.35 bits per heavy atom. The molecule has 0 bridgehead atoms. The van der Waals surface area contributed by atoms with Crippen LogP contribution in [0.4, 0.5) is 11.4 Å².